The van der Waals surface area contributed by atoms with Gasteiger partial charge in [0.25, 0.3) is 11.8 Å². The number of nitrogens with two attached hydrogens (primary N) is 1. The topological polar surface area (TPSA) is 270 Å². The van der Waals surface area contributed by atoms with Crippen molar-refractivity contribution < 1.29 is 57.6 Å². The van der Waals surface area contributed by atoms with Gasteiger partial charge in [-0.25, -0.2) is 14.4 Å². The molecule has 0 aliphatic rings. The number of pyridine rings is 3. The van der Waals surface area contributed by atoms with Gasteiger partial charge in [-0.05, 0) is 79.4 Å². The predicted molar refractivity (Wildman–Crippen MR) is 262 cm³/mol. The molecule has 0 aliphatic heterocycles. The highest BCUT2D eigenvalue weighted by Gasteiger charge is 2.25. The van der Waals surface area contributed by atoms with Crippen molar-refractivity contribution in [2.45, 2.75) is 39.5 Å². The Balaban J connectivity index is 0.000000212. The molecule has 0 unspecified atom stereocenters. The number of aromatic nitrogens is 3. The van der Waals surface area contributed by atoms with Crippen LogP contribution in [0, 0.1) is 20.8 Å². The van der Waals surface area contributed by atoms with Crippen molar-refractivity contribution in [3.8, 4) is 0 Å². The summed E-state index contributed by atoms with van der Waals surface area (Å²) in [6.45, 7) is 6.39. The van der Waals surface area contributed by atoms with Gasteiger partial charge in [-0.2, -0.15) is 0 Å². The summed E-state index contributed by atoms with van der Waals surface area (Å²) in [5.41, 5.74) is 11.9. The second-order valence-corrected chi connectivity index (χ2v) is 17.9. The van der Waals surface area contributed by atoms with Crippen LogP contribution in [-0.4, -0.2) is 122 Å². The molecule has 364 valence electrons. The molecule has 0 radical (unpaired) electrons. The number of aromatic carboxylic acids is 1. The summed E-state index contributed by atoms with van der Waals surface area (Å²) < 4.78 is 27.7. The van der Waals surface area contributed by atoms with Gasteiger partial charge < -0.3 is 50.5 Å². The summed E-state index contributed by atoms with van der Waals surface area (Å²) in [5, 5.41) is 16.5. The second-order valence-electron chi connectivity index (χ2n) is 14.8. The Kier molecular flexibility index (Phi) is 20.4. The first-order valence-electron chi connectivity index (χ1n) is 21.1. The largest absolute Gasteiger partial charge is 0.477 e. The van der Waals surface area contributed by atoms with E-state index in [0.29, 0.717) is 21.2 Å². The molecule has 0 spiro atoms. The molecule has 0 saturated carbocycles. The SMILES string of the molecule is COCCOC(=O)[C@@H](CNC(=O)c1cc2nccc(C)c2s1)NC(=O)OCc1ccccc1.COCCOC(=O)[C@H](N)CNC(=O)c1cc2nccc(C)c2s1.Cc1ccnc2cc(C(=O)O)sc12. The molecule has 2 atom stereocenters. The van der Waals surface area contributed by atoms with Crippen LogP contribution in [-0.2, 0) is 39.9 Å². The Morgan fingerprint density at radius 1 is 0.609 bits per heavy atom. The van der Waals surface area contributed by atoms with Gasteiger partial charge in [0.15, 0.2) is 0 Å². The van der Waals surface area contributed by atoms with Crippen molar-refractivity contribution in [1.82, 2.24) is 30.9 Å². The minimum Gasteiger partial charge on any atom is -0.477 e. The van der Waals surface area contributed by atoms with Crippen molar-refractivity contribution in [2.75, 3.05) is 53.7 Å². The van der Waals surface area contributed by atoms with Crippen LogP contribution in [0.25, 0.3) is 30.6 Å². The van der Waals surface area contributed by atoms with Gasteiger partial charge in [0, 0.05) is 45.9 Å². The first-order valence-corrected chi connectivity index (χ1v) is 23.5. The van der Waals surface area contributed by atoms with E-state index in [1.54, 1.807) is 36.8 Å². The number of carbonyl (C=O) groups excluding carboxylic acids is 5. The third-order valence-electron chi connectivity index (χ3n) is 9.59. The van der Waals surface area contributed by atoms with E-state index in [1.807, 2.05) is 69.3 Å². The van der Waals surface area contributed by atoms with Crippen molar-refractivity contribution >= 4 is 100 Å². The van der Waals surface area contributed by atoms with Gasteiger partial charge in [0.1, 0.15) is 36.8 Å². The number of methoxy groups -OCH3 is 2. The van der Waals surface area contributed by atoms with Gasteiger partial charge in [0.05, 0.1) is 53.6 Å². The number of fused-ring (bicyclic) bond motifs is 3. The number of amides is 3. The summed E-state index contributed by atoms with van der Waals surface area (Å²) in [4.78, 5) is 85.7. The average Bonchev–Trinajstić information content (AvgIpc) is 4.12. The van der Waals surface area contributed by atoms with E-state index in [-0.39, 0.29) is 51.3 Å². The fourth-order valence-corrected chi connectivity index (χ4v) is 8.86. The molecule has 22 heteroatoms. The van der Waals surface area contributed by atoms with Crippen LogP contribution < -0.4 is 21.7 Å². The number of benzene rings is 1. The Morgan fingerprint density at radius 2 is 1.06 bits per heavy atom. The zero-order chi connectivity index (χ0) is 49.9. The third kappa shape index (κ3) is 15.8. The average molecular weight is 1000 g/mol. The molecule has 0 fully saturated rings. The van der Waals surface area contributed by atoms with Gasteiger partial charge in [0.2, 0.25) is 0 Å². The molecule has 19 nitrogen and oxygen atoms in total. The van der Waals surface area contributed by atoms with Crippen LogP contribution in [0.5, 0.6) is 0 Å². The van der Waals surface area contributed by atoms with Crippen LogP contribution in [0.4, 0.5) is 4.79 Å². The fraction of sp³-hybridized carbons (Fsp3) is 0.298. The molecular weight excluding hydrogens is 951 g/mol. The van der Waals surface area contributed by atoms with Crippen molar-refractivity contribution in [3.63, 3.8) is 0 Å². The number of esters is 2. The zero-order valence-corrected chi connectivity index (χ0v) is 40.7. The van der Waals surface area contributed by atoms with E-state index in [2.05, 4.69) is 30.9 Å². The lowest BCUT2D eigenvalue weighted by atomic mass is 10.2. The number of nitrogens with zero attached hydrogens (tertiary/aromatic N) is 3. The van der Waals surface area contributed by atoms with Crippen LogP contribution >= 0.6 is 34.0 Å². The number of carbonyl (C=O) groups is 6. The molecule has 0 saturated heterocycles. The Labute approximate surface area is 408 Å². The Morgan fingerprint density at radius 3 is 1.52 bits per heavy atom. The van der Waals surface area contributed by atoms with Gasteiger partial charge >= 0.3 is 24.0 Å². The van der Waals surface area contributed by atoms with E-state index in [4.69, 9.17) is 34.5 Å². The highest BCUT2D eigenvalue weighted by molar-refractivity contribution is 7.21. The molecule has 0 aliphatic carbocycles. The molecule has 7 aromatic rings. The summed E-state index contributed by atoms with van der Waals surface area (Å²) in [6, 6.07) is 17.8. The lowest BCUT2D eigenvalue weighted by molar-refractivity contribution is -0.147. The zero-order valence-electron chi connectivity index (χ0n) is 38.3. The number of alkyl carbamates (subject to hydrolysis) is 1. The summed E-state index contributed by atoms with van der Waals surface area (Å²) in [6.07, 6.45) is 4.28. The van der Waals surface area contributed by atoms with E-state index < -0.39 is 36.1 Å². The van der Waals surface area contributed by atoms with Crippen LogP contribution in [0.3, 0.4) is 0 Å². The number of carboxylic acid groups (broad SMARTS) is 1. The number of hydrogen-bond donors (Lipinski definition) is 5. The Hall–Kier alpha value is -6.95. The Bertz CT molecular complexity index is 2870. The molecule has 3 amide bonds. The maximum absolute atomic E-state index is 12.7. The first-order chi connectivity index (χ1) is 33.2. The summed E-state index contributed by atoms with van der Waals surface area (Å²) in [7, 11) is 2.99. The maximum atomic E-state index is 12.7. The molecule has 69 heavy (non-hydrogen) atoms. The minimum absolute atomic E-state index is 0.00526. The molecule has 6 heterocycles. The van der Waals surface area contributed by atoms with Crippen molar-refractivity contribution in [1.29, 1.82) is 0 Å². The lowest BCUT2D eigenvalue weighted by Crippen LogP contribution is -2.49. The van der Waals surface area contributed by atoms with E-state index >= 15 is 0 Å². The predicted octanol–water partition coefficient (Wildman–Crippen LogP) is 5.97. The monoisotopic (exact) mass is 1000 g/mol. The van der Waals surface area contributed by atoms with Gasteiger partial charge in [-0.15, -0.1) is 34.0 Å². The number of nitrogens with one attached hydrogen (secondary N) is 3. The summed E-state index contributed by atoms with van der Waals surface area (Å²) in [5.74, 6) is -2.84. The highest BCUT2D eigenvalue weighted by atomic mass is 32.1. The molecule has 7 rings (SSSR count). The summed E-state index contributed by atoms with van der Waals surface area (Å²) >= 11 is 3.94. The normalized spacial score (nSPS) is 11.6. The number of thiophene rings is 3. The lowest BCUT2D eigenvalue weighted by Gasteiger charge is -2.18. The number of rotatable bonds is 18. The molecule has 6 aromatic heterocycles. The molecule has 1 aromatic carbocycles. The highest BCUT2D eigenvalue weighted by Crippen LogP contribution is 2.28. The molecular formula is C47H51N7O12S3. The molecule has 0 bridgehead atoms. The number of hydrogen-bond acceptors (Lipinski definition) is 18. The second kappa shape index (κ2) is 26.6. The van der Waals surface area contributed by atoms with Crippen LogP contribution in [0.1, 0.15) is 51.3 Å². The molecule has 6 N–H and O–H groups in total. The van der Waals surface area contributed by atoms with Crippen LogP contribution in [0.15, 0.2) is 85.3 Å². The van der Waals surface area contributed by atoms with Gasteiger partial charge in [-0.3, -0.25) is 29.3 Å². The van der Waals surface area contributed by atoms with E-state index in [9.17, 15) is 28.8 Å². The minimum atomic E-state index is -1.14. The quantitative estimate of drug-likeness (QED) is 0.0376. The fourth-order valence-electron chi connectivity index (χ4n) is 5.94. The van der Waals surface area contributed by atoms with Crippen molar-refractivity contribution in [2.24, 2.45) is 5.73 Å². The van der Waals surface area contributed by atoms with Crippen LogP contribution in [0.2, 0.25) is 0 Å². The number of aryl methyl sites for hydroxylation is 3. The van der Waals surface area contributed by atoms with Gasteiger partial charge in [-0.1, -0.05) is 30.3 Å². The van der Waals surface area contributed by atoms with E-state index in [0.717, 1.165) is 52.9 Å². The number of ether oxygens (including phenoxy) is 5. The third-order valence-corrected chi connectivity index (χ3v) is 13.4. The first kappa shape index (κ1) is 53.0. The standard InChI is InChI=1S/C23H25N3O6S.C15H19N3O4S.C9H7NO2S/c1-15-8-9-24-17-12-19(33-20(15)17)21(27)25-13-18(22(28)31-11-10-30-2)26-23(29)32-14-16-6-4-3-5-7-16;1-9-3-4-17-11-7-12(23-13(9)11)14(19)18-8-10(16)15(20)22-6-5-21-2;1-5-2-3-10-6-4-7(9(11)12)13-8(5)6/h3-9,12,18H,10-11,13-14H2,1-2H3,(H,25,27)(H,26,29);3-4,7,10H,5-6,8,16H2,1-2H3,(H,18,19);2-4H,1H3,(H,11,12)/t18-;10-;/m11./s1. The van der Waals surface area contributed by atoms with Crippen molar-refractivity contribution in [3.05, 3.63) is 122 Å². The number of carboxylic acids is 1. The maximum Gasteiger partial charge on any atom is 0.408 e. The van der Waals surface area contributed by atoms with E-state index in [1.165, 1.54) is 48.2 Å². The smallest absolute Gasteiger partial charge is 0.408 e.